The summed E-state index contributed by atoms with van der Waals surface area (Å²) < 4.78 is 9.78. The Morgan fingerprint density at radius 3 is 2.78 bits per heavy atom. The van der Waals surface area contributed by atoms with Crippen molar-refractivity contribution < 1.29 is 14.1 Å². The van der Waals surface area contributed by atoms with E-state index in [9.17, 15) is 4.79 Å². The summed E-state index contributed by atoms with van der Waals surface area (Å²) in [6, 6.07) is 0. The maximum absolute atomic E-state index is 11.2. The molecule has 1 aromatic rings. The van der Waals surface area contributed by atoms with Gasteiger partial charge in [0.15, 0.2) is 5.82 Å². The molecule has 0 spiro atoms. The first kappa shape index (κ1) is 14.6. The fourth-order valence-corrected chi connectivity index (χ4v) is 1.51. The second-order valence-electron chi connectivity index (χ2n) is 4.58. The van der Waals surface area contributed by atoms with Crippen LogP contribution < -0.4 is 0 Å². The van der Waals surface area contributed by atoms with E-state index in [-0.39, 0.29) is 12.5 Å². The number of carbonyl (C=O) groups excluding carboxylic acids is 1. The molecule has 6 heteroatoms. The van der Waals surface area contributed by atoms with Gasteiger partial charge >= 0.3 is 5.97 Å². The number of esters is 1. The van der Waals surface area contributed by atoms with Gasteiger partial charge in [0, 0.05) is 6.42 Å². The Kier molecular flexibility index (Phi) is 5.77. The second-order valence-corrected chi connectivity index (χ2v) is 4.58. The first-order valence-electron chi connectivity index (χ1n) is 6.15. The fraction of sp³-hybridized carbons (Fsp3) is 0.750. The molecule has 6 nitrogen and oxygen atoms in total. The normalized spacial score (nSPS) is 11.2. The average molecular weight is 255 g/mol. The molecule has 0 radical (unpaired) electrons. The first-order chi connectivity index (χ1) is 8.55. The number of carbonyl (C=O) groups is 1. The predicted octanol–water partition coefficient (Wildman–Crippen LogP) is 1.26. The van der Waals surface area contributed by atoms with Crippen LogP contribution in [0.1, 0.15) is 32.5 Å². The van der Waals surface area contributed by atoms with Crippen molar-refractivity contribution in [3.05, 3.63) is 11.7 Å². The summed E-state index contributed by atoms with van der Waals surface area (Å²) in [4.78, 5) is 17.4. The highest BCUT2D eigenvalue weighted by Crippen LogP contribution is 2.07. The summed E-state index contributed by atoms with van der Waals surface area (Å²) in [5.41, 5.74) is 0. The lowest BCUT2D eigenvalue weighted by atomic mass is 10.1. The minimum atomic E-state index is -0.261. The number of hydrogen-bond donors (Lipinski definition) is 0. The number of methoxy groups -OCH3 is 1. The van der Waals surface area contributed by atoms with E-state index in [1.807, 2.05) is 11.8 Å². The van der Waals surface area contributed by atoms with Crippen LogP contribution in [0.4, 0.5) is 0 Å². The molecular formula is C12H21N3O3. The van der Waals surface area contributed by atoms with Crippen molar-refractivity contribution >= 4 is 5.97 Å². The van der Waals surface area contributed by atoms with Crippen molar-refractivity contribution in [1.29, 1.82) is 0 Å². The van der Waals surface area contributed by atoms with Gasteiger partial charge in [-0.1, -0.05) is 25.9 Å². The van der Waals surface area contributed by atoms with Crippen molar-refractivity contribution in [3.8, 4) is 0 Å². The molecule has 102 valence electrons. The third kappa shape index (κ3) is 4.83. The molecule has 18 heavy (non-hydrogen) atoms. The summed E-state index contributed by atoms with van der Waals surface area (Å²) in [7, 11) is 1.38. The molecule has 0 aliphatic carbocycles. The van der Waals surface area contributed by atoms with E-state index < -0.39 is 0 Å². The third-order valence-corrected chi connectivity index (χ3v) is 2.49. The van der Waals surface area contributed by atoms with Gasteiger partial charge in [-0.25, -0.2) is 0 Å². The SMILES string of the molecule is CCN(CC(=O)OC)Cc1noc(CC(C)C)n1. The molecule has 0 unspecified atom stereocenters. The summed E-state index contributed by atoms with van der Waals surface area (Å²) >= 11 is 0. The molecule has 1 heterocycles. The smallest absolute Gasteiger partial charge is 0.319 e. The van der Waals surface area contributed by atoms with Gasteiger partial charge in [-0.15, -0.1) is 0 Å². The van der Waals surface area contributed by atoms with Crippen LogP contribution in [0, 0.1) is 5.92 Å². The molecule has 0 aliphatic rings. The maximum atomic E-state index is 11.2. The van der Waals surface area contributed by atoms with Crippen LogP contribution in [0.25, 0.3) is 0 Å². The average Bonchev–Trinajstić information content (AvgIpc) is 2.74. The Hall–Kier alpha value is -1.43. The summed E-state index contributed by atoms with van der Waals surface area (Å²) in [5.74, 6) is 1.48. The van der Waals surface area contributed by atoms with Crippen LogP contribution in [0.2, 0.25) is 0 Å². The number of ether oxygens (including phenoxy) is 1. The van der Waals surface area contributed by atoms with E-state index in [4.69, 9.17) is 4.52 Å². The van der Waals surface area contributed by atoms with E-state index >= 15 is 0 Å². The molecule has 0 bridgehead atoms. The quantitative estimate of drug-likeness (QED) is 0.683. The minimum Gasteiger partial charge on any atom is -0.468 e. The first-order valence-corrected chi connectivity index (χ1v) is 6.15. The van der Waals surface area contributed by atoms with Crippen LogP contribution in [0.15, 0.2) is 4.52 Å². The van der Waals surface area contributed by atoms with Gasteiger partial charge in [-0.05, 0) is 12.5 Å². The van der Waals surface area contributed by atoms with Gasteiger partial charge in [-0.3, -0.25) is 9.69 Å². The van der Waals surface area contributed by atoms with E-state index in [0.29, 0.717) is 24.2 Å². The highest BCUT2D eigenvalue weighted by Gasteiger charge is 2.14. The Balaban J connectivity index is 2.53. The predicted molar refractivity (Wildman–Crippen MR) is 65.8 cm³/mol. The minimum absolute atomic E-state index is 0.237. The zero-order chi connectivity index (χ0) is 13.5. The standard InChI is InChI=1S/C12H21N3O3/c1-5-15(8-12(16)17-4)7-10-13-11(18-14-10)6-9(2)3/h9H,5-8H2,1-4H3. The van der Waals surface area contributed by atoms with Crippen LogP contribution in [0.5, 0.6) is 0 Å². The highest BCUT2D eigenvalue weighted by molar-refractivity contribution is 5.71. The van der Waals surface area contributed by atoms with Crippen LogP contribution in [0.3, 0.4) is 0 Å². The van der Waals surface area contributed by atoms with Gasteiger partial charge < -0.3 is 9.26 Å². The lowest BCUT2D eigenvalue weighted by Gasteiger charge is -2.16. The van der Waals surface area contributed by atoms with E-state index in [2.05, 4.69) is 28.7 Å². The largest absolute Gasteiger partial charge is 0.468 e. The molecule has 0 saturated carbocycles. The number of nitrogens with zero attached hydrogens (tertiary/aromatic N) is 3. The van der Waals surface area contributed by atoms with E-state index in [1.54, 1.807) is 0 Å². The summed E-state index contributed by atoms with van der Waals surface area (Å²) in [6.07, 6.45) is 0.774. The van der Waals surface area contributed by atoms with Crippen molar-refractivity contribution in [1.82, 2.24) is 15.0 Å². The third-order valence-electron chi connectivity index (χ3n) is 2.49. The summed E-state index contributed by atoms with van der Waals surface area (Å²) in [6.45, 7) is 7.62. The lowest BCUT2D eigenvalue weighted by Crippen LogP contribution is -2.30. The Labute approximate surface area is 107 Å². The zero-order valence-electron chi connectivity index (χ0n) is 11.5. The molecule has 0 aromatic carbocycles. The summed E-state index contributed by atoms with van der Waals surface area (Å²) in [5, 5.41) is 3.91. The zero-order valence-corrected chi connectivity index (χ0v) is 11.5. The fourth-order valence-electron chi connectivity index (χ4n) is 1.51. The molecule has 0 aliphatic heterocycles. The van der Waals surface area contributed by atoms with Crippen LogP contribution in [-0.2, 0) is 22.5 Å². The van der Waals surface area contributed by atoms with Gasteiger partial charge in [-0.2, -0.15) is 4.98 Å². The number of aromatic nitrogens is 2. The molecule has 0 fully saturated rings. The number of rotatable bonds is 7. The van der Waals surface area contributed by atoms with Gasteiger partial charge in [0.1, 0.15) is 0 Å². The molecule has 0 amide bonds. The van der Waals surface area contributed by atoms with Crippen molar-refractivity contribution in [3.63, 3.8) is 0 Å². The molecular weight excluding hydrogens is 234 g/mol. The van der Waals surface area contributed by atoms with Crippen LogP contribution in [-0.4, -0.2) is 41.2 Å². The Bertz CT molecular complexity index is 376. The number of likely N-dealkylation sites (N-methyl/N-ethyl adjacent to an activating group) is 1. The van der Waals surface area contributed by atoms with Crippen molar-refractivity contribution in [2.45, 2.75) is 33.7 Å². The topological polar surface area (TPSA) is 68.5 Å². The molecule has 1 aromatic heterocycles. The van der Waals surface area contributed by atoms with Gasteiger partial charge in [0.25, 0.3) is 0 Å². The van der Waals surface area contributed by atoms with Gasteiger partial charge in [0.2, 0.25) is 5.89 Å². The molecule has 0 N–H and O–H groups in total. The Morgan fingerprint density at radius 1 is 1.50 bits per heavy atom. The lowest BCUT2D eigenvalue weighted by molar-refractivity contribution is -0.142. The second kappa shape index (κ2) is 7.10. The highest BCUT2D eigenvalue weighted by atomic mass is 16.5. The maximum Gasteiger partial charge on any atom is 0.319 e. The van der Waals surface area contributed by atoms with E-state index in [0.717, 1.165) is 13.0 Å². The molecule has 0 atom stereocenters. The molecule has 0 saturated heterocycles. The van der Waals surface area contributed by atoms with E-state index in [1.165, 1.54) is 7.11 Å². The monoisotopic (exact) mass is 255 g/mol. The Morgan fingerprint density at radius 2 is 2.22 bits per heavy atom. The van der Waals surface area contributed by atoms with Gasteiger partial charge in [0.05, 0.1) is 20.2 Å². The van der Waals surface area contributed by atoms with Crippen molar-refractivity contribution in [2.24, 2.45) is 5.92 Å². The number of hydrogen-bond acceptors (Lipinski definition) is 6. The van der Waals surface area contributed by atoms with Crippen molar-refractivity contribution in [2.75, 3.05) is 20.2 Å². The molecule has 1 rings (SSSR count). The van der Waals surface area contributed by atoms with Crippen LogP contribution >= 0.6 is 0 Å².